The Morgan fingerprint density at radius 2 is 2.24 bits per heavy atom. The second-order valence-corrected chi connectivity index (χ2v) is 6.25. The molecule has 1 heterocycles. The maximum atomic E-state index is 14.0. The van der Waals surface area contributed by atoms with E-state index >= 15 is 0 Å². The number of nitrogens with one attached hydrogen (secondary N) is 3. The van der Waals surface area contributed by atoms with Gasteiger partial charge < -0.3 is 10.1 Å². The van der Waals surface area contributed by atoms with Crippen LogP contribution < -0.4 is 11.0 Å². The second kappa shape index (κ2) is 6.60. The summed E-state index contributed by atoms with van der Waals surface area (Å²) in [5.41, 5.74) is 3.44. The van der Waals surface area contributed by atoms with Crippen LogP contribution in [0.5, 0.6) is 5.75 Å². The van der Waals surface area contributed by atoms with E-state index < -0.39 is 17.3 Å². The summed E-state index contributed by atoms with van der Waals surface area (Å²) in [5, 5.41) is 14.0. The smallest absolute Gasteiger partial charge is 0.251 e. The van der Waals surface area contributed by atoms with E-state index in [0.717, 1.165) is 0 Å². The number of carbonyl (C=O) groups is 1. The van der Waals surface area contributed by atoms with Crippen molar-refractivity contribution < 1.29 is 14.3 Å². The van der Waals surface area contributed by atoms with Crippen molar-refractivity contribution in [2.75, 3.05) is 0 Å². The van der Waals surface area contributed by atoms with Gasteiger partial charge in [0.2, 0.25) is 5.91 Å². The largest absolute Gasteiger partial charge is 0.507 e. The lowest BCUT2D eigenvalue weighted by Gasteiger charge is -2.06. The molecule has 0 spiro atoms. The molecule has 7 nitrogen and oxygen atoms in total. The van der Waals surface area contributed by atoms with Crippen LogP contribution in [0.2, 0.25) is 0 Å². The third kappa shape index (κ3) is 3.50. The number of hydrazone groups is 1. The molecular weight excluding hydrogens is 347 g/mol. The van der Waals surface area contributed by atoms with Crippen LogP contribution >= 0.6 is 12.2 Å². The van der Waals surface area contributed by atoms with Crippen molar-refractivity contribution in [1.29, 1.82) is 0 Å². The highest BCUT2D eigenvalue weighted by atomic mass is 32.1. The number of H-pyrrole nitrogens is 2. The predicted octanol–water partition coefficient (Wildman–Crippen LogP) is 1.85. The van der Waals surface area contributed by atoms with Gasteiger partial charge in [-0.05, 0) is 36.7 Å². The fraction of sp³-hybridized carbons (Fsp3) is 0.250. The van der Waals surface area contributed by atoms with Crippen LogP contribution in [-0.2, 0) is 11.2 Å². The number of halogens is 1. The Morgan fingerprint density at radius 1 is 1.48 bits per heavy atom. The molecule has 0 aliphatic heterocycles. The van der Waals surface area contributed by atoms with E-state index in [2.05, 4.69) is 20.5 Å². The summed E-state index contributed by atoms with van der Waals surface area (Å²) < 4.78 is 14.1. The van der Waals surface area contributed by atoms with E-state index in [1.807, 2.05) is 6.92 Å². The number of phenols is 1. The van der Waals surface area contributed by atoms with Crippen molar-refractivity contribution in [2.24, 2.45) is 5.10 Å². The predicted molar refractivity (Wildman–Crippen MR) is 91.7 cm³/mol. The number of amides is 1. The zero-order valence-corrected chi connectivity index (χ0v) is 14.0. The number of hydrogen-bond acceptors (Lipinski definition) is 5. The van der Waals surface area contributed by atoms with E-state index in [1.54, 1.807) is 0 Å². The highest BCUT2D eigenvalue weighted by Gasteiger charge is 2.30. The number of benzene rings is 1. The van der Waals surface area contributed by atoms with E-state index in [-0.39, 0.29) is 22.9 Å². The van der Waals surface area contributed by atoms with Gasteiger partial charge in [-0.1, -0.05) is 6.92 Å². The van der Waals surface area contributed by atoms with Gasteiger partial charge in [0, 0.05) is 22.9 Å². The van der Waals surface area contributed by atoms with Gasteiger partial charge >= 0.3 is 0 Å². The summed E-state index contributed by atoms with van der Waals surface area (Å²) in [6, 6.07) is 3.71. The Balaban J connectivity index is 1.80. The SMILES string of the molecule is C[C@H]1C/C(=N\NC(=O)Cc2cc(=O)[nH]c(=S)[nH]2)c2c(O)ccc(F)c21. The molecule has 0 fully saturated rings. The third-order valence-corrected chi connectivity index (χ3v) is 4.14. The molecular formula is C16H15FN4O3S. The molecule has 3 rings (SSSR count). The van der Waals surface area contributed by atoms with Crippen molar-refractivity contribution >= 4 is 23.8 Å². The minimum atomic E-state index is -0.472. The average molecular weight is 362 g/mol. The number of aromatic hydroxyl groups is 1. The van der Waals surface area contributed by atoms with Gasteiger partial charge in [-0.3, -0.25) is 14.6 Å². The number of nitrogens with zero attached hydrogens (tertiary/aromatic N) is 1. The fourth-order valence-corrected chi connectivity index (χ4v) is 3.15. The third-order valence-electron chi connectivity index (χ3n) is 3.93. The first kappa shape index (κ1) is 17.0. The standard InChI is InChI=1S/C16H15FN4O3S/c1-7-4-10(15-11(22)3-2-9(17)14(7)15)20-21-13(24)6-8-5-12(23)19-16(25)18-8/h2-3,5,7,22H,4,6H2,1H3,(H,21,24)(H2,18,19,23,25)/b20-10+/t7-/m0/s1. The number of aromatic amines is 2. The van der Waals surface area contributed by atoms with Crippen LogP contribution in [0.25, 0.3) is 0 Å². The van der Waals surface area contributed by atoms with Crippen LogP contribution in [-0.4, -0.2) is 26.7 Å². The maximum Gasteiger partial charge on any atom is 0.251 e. The second-order valence-electron chi connectivity index (χ2n) is 5.84. The maximum absolute atomic E-state index is 14.0. The average Bonchev–Trinajstić information content (AvgIpc) is 2.86. The molecule has 4 N–H and O–H groups in total. The lowest BCUT2D eigenvalue weighted by atomic mass is 10.0. The molecule has 0 bridgehead atoms. The first-order chi connectivity index (χ1) is 11.8. The minimum absolute atomic E-state index is 0.0765. The molecule has 2 aromatic rings. The monoisotopic (exact) mass is 362 g/mol. The van der Waals surface area contributed by atoms with E-state index in [0.29, 0.717) is 29.0 Å². The Bertz CT molecular complexity index is 967. The number of carbonyl (C=O) groups excluding carboxylic acids is 1. The molecule has 9 heteroatoms. The van der Waals surface area contributed by atoms with Crippen molar-refractivity contribution in [3.63, 3.8) is 0 Å². The summed E-state index contributed by atoms with van der Waals surface area (Å²) in [7, 11) is 0. The zero-order chi connectivity index (χ0) is 18.1. The molecule has 1 aromatic carbocycles. The number of hydrogen-bond donors (Lipinski definition) is 4. The van der Waals surface area contributed by atoms with Gasteiger partial charge in [-0.15, -0.1) is 0 Å². The minimum Gasteiger partial charge on any atom is -0.507 e. The highest BCUT2D eigenvalue weighted by molar-refractivity contribution is 7.71. The molecule has 1 aromatic heterocycles. The zero-order valence-electron chi connectivity index (χ0n) is 13.2. The van der Waals surface area contributed by atoms with E-state index in [1.165, 1.54) is 18.2 Å². The lowest BCUT2D eigenvalue weighted by Crippen LogP contribution is -2.23. The normalized spacial score (nSPS) is 17.5. The van der Waals surface area contributed by atoms with Gasteiger partial charge in [0.15, 0.2) is 4.77 Å². The van der Waals surface area contributed by atoms with Crippen LogP contribution in [0.15, 0.2) is 28.1 Å². The lowest BCUT2D eigenvalue weighted by molar-refractivity contribution is -0.120. The topological polar surface area (TPSA) is 110 Å². The summed E-state index contributed by atoms with van der Waals surface area (Å²) in [5.74, 6) is -1.11. The molecule has 0 saturated heterocycles. The molecule has 25 heavy (non-hydrogen) atoms. The van der Waals surface area contributed by atoms with Crippen LogP contribution in [0.1, 0.15) is 36.1 Å². The van der Waals surface area contributed by atoms with Crippen LogP contribution in [0.3, 0.4) is 0 Å². The molecule has 0 unspecified atom stereocenters. The Morgan fingerprint density at radius 3 is 2.96 bits per heavy atom. The number of phenolic OH excluding ortho intramolecular Hbond substituents is 1. The molecule has 1 amide bonds. The van der Waals surface area contributed by atoms with E-state index in [9.17, 15) is 19.1 Å². The van der Waals surface area contributed by atoms with Crippen LogP contribution in [0.4, 0.5) is 4.39 Å². The molecule has 1 aliphatic carbocycles. The summed E-state index contributed by atoms with van der Waals surface area (Å²) in [6.07, 6.45) is 0.277. The summed E-state index contributed by atoms with van der Waals surface area (Å²) >= 11 is 4.84. The van der Waals surface area contributed by atoms with Gasteiger partial charge in [0.25, 0.3) is 5.56 Å². The molecule has 1 atom stereocenters. The Kier molecular flexibility index (Phi) is 4.49. The summed E-state index contributed by atoms with van der Waals surface area (Å²) in [4.78, 5) is 28.4. The molecule has 0 radical (unpaired) electrons. The first-order valence-corrected chi connectivity index (χ1v) is 7.95. The highest BCUT2D eigenvalue weighted by Crippen LogP contribution is 2.39. The van der Waals surface area contributed by atoms with Crippen molar-refractivity contribution in [2.45, 2.75) is 25.7 Å². The number of fused-ring (bicyclic) bond motifs is 1. The molecule has 130 valence electrons. The Labute approximate surface area is 146 Å². The number of rotatable bonds is 3. The Hall–Kier alpha value is -2.81. The molecule has 1 aliphatic rings. The fourth-order valence-electron chi connectivity index (χ4n) is 2.92. The van der Waals surface area contributed by atoms with E-state index in [4.69, 9.17) is 12.2 Å². The van der Waals surface area contributed by atoms with Gasteiger partial charge in [0.1, 0.15) is 11.6 Å². The molecule has 0 saturated carbocycles. The quantitative estimate of drug-likeness (QED) is 0.493. The van der Waals surface area contributed by atoms with Crippen LogP contribution in [0, 0.1) is 10.6 Å². The van der Waals surface area contributed by atoms with Gasteiger partial charge in [-0.25, -0.2) is 9.82 Å². The van der Waals surface area contributed by atoms with Gasteiger partial charge in [-0.2, -0.15) is 5.10 Å². The van der Waals surface area contributed by atoms with Crippen molar-refractivity contribution in [3.05, 3.63) is 56.0 Å². The number of aromatic nitrogens is 2. The van der Waals surface area contributed by atoms with Crippen molar-refractivity contribution in [3.8, 4) is 5.75 Å². The van der Waals surface area contributed by atoms with Crippen molar-refractivity contribution in [1.82, 2.24) is 15.4 Å². The van der Waals surface area contributed by atoms with Gasteiger partial charge in [0.05, 0.1) is 12.1 Å². The summed E-state index contributed by atoms with van der Waals surface area (Å²) in [6.45, 7) is 1.82. The first-order valence-electron chi connectivity index (χ1n) is 7.55.